The molecule has 0 aromatic heterocycles. The predicted molar refractivity (Wildman–Crippen MR) is 43.2 cm³/mol. The predicted octanol–water partition coefficient (Wildman–Crippen LogP) is 0.244. The van der Waals surface area contributed by atoms with Gasteiger partial charge >= 0.3 is 6.41 Å². The van der Waals surface area contributed by atoms with Crippen molar-refractivity contribution >= 4 is 5.84 Å². The van der Waals surface area contributed by atoms with Crippen molar-refractivity contribution in [1.82, 2.24) is 5.32 Å². The molecule has 0 amide bonds. The van der Waals surface area contributed by atoms with E-state index in [1.165, 1.54) is 0 Å². The molecule has 2 N–H and O–H groups in total. The number of hydrogen-bond donors (Lipinski definition) is 2. The zero-order valence-electron chi connectivity index (χ0n) is 6.27. The molecular formula is C8H8N2O2. The van der Waals surface area contributed by atoms with Crippen molar-refractivity contribution in [3.63, 3.8) is 0 Å². The van der Waals surface area contributed by atoms with E-state index in [9.17, 15) is 0 Å². The van der Waals surface area contributed by atoms with Gasteiger partial charge in [0.15, 0.2) is 5.84 Å². The highest BCUT2D eigenvalue weighted by Crippen LogP contribution is 2.04. The lowest BCUT2D eigenvalue weighted by Gasteiger charge is -2.00. The number of oxime groups is 1. The number of nitrogens with zero attached hydrogens (tertiary/aromatic N) is 1. The van der Waals surface area contributed by atoms with Crippen LogP contribution in [-0.2, 0) is 4.84 Å². The Morgan fingerprint density at radius 2 is 2.08 bits per heavy atom. The van der Waals surface area contributed by atoms with Gasteiger partial charge in [-0.1, -0.05) is 35.5 Å². The Balaban J connectivity index is 2.22. The van der Waals surface area contributed by atoms with Crippen LogP contribution >= 0.6 is 0 Å². The fourth-order valence-electron chi connectivity index (χ4n) is 1.00. The third-order valence-electron chi connectivity index (χ3n) is 1.55. The molecule has 62 valence electrons. The van der Waals surface area contributed by atoms with E-state index in [2.05, 4.69) is 15.3 Å². The Kier molecular flexibility index (Phi) is 1.68. The van der Waals surface area contributed by atoms with Crippen LogP contribution in [0.3, 0.4) is 0 Å². The summed E-state index contributed by atoms with van der Waals surface area (Å²) in [4.78, 5) is 4.55. The molecule has 1 aliphatic heterocycles. The summed E-state index contributed by atoms with van der Waals surface area (Å²) in [6.07, 6.45) is -1.01. The van der Waals surface area contributed by atoms with E-state index in [4.69, 9.17) is 5.11 Å². The molecule has 2 rings (SSSR count). The zero-order chi connectivity index (χ0) is 8.39. The first-order valence-corrected chi connectivity index (χ1v) is 3.60. The van der Waals surface area contributed by atoms with Gasteiger partial charge < -0.3 is 15.3 Å². The van der Waals surface area contributed by atoms with Crippen LogP contribution < -0.4 is 5.32 Å². The molecule has 1 heterocycles. The molecule has 4 nitrogen and oxygen atoms in total. The molecular weight excluding hydrogens is 156 g/mol. The maximum atomic E-state index is 8.91. The summed E-state index contributed by atoms with van der Waals surface area (Å²) in [6, 6.07) is 9.46. The second-order valence-corrected chi connectivity index (χ2v) is 2.41. The van der Waals surface area contributed by atoms with Gasteiger partial charge in [-0.15, -0.1) is 0 Å². The molecule has 1 unspecified atom stereocenters. The van der Waals surface area contributed by atoms with Crippen LogP contribution in [0.1, 0.15) is 5.56 Å². The van der Waals surface area contributed by atoms with Crippen molar-refractivity contribution in [2.45, 2.75) is 6.41 Å². The lowest BCUT2D eigenvalue weighted by Crippen LogP contribution is -2.29. The van der Waals surface area contributed by atoms with Gasteiger partial charge in [-0.3, -0.25) is 0 Å². The normalized spacial score (nSPS) is 21.1. The second-order valence-electron chi connectivity index (χ2n) is 2.41. The topological polar surface area (TPSA) is 53.8 Å². The molecule has 1 aliphatic rings. The summed E-state index contributed by atoms with van der Waals surface area (Å²) in [6.45, 7) is 0. The first kappa shape index (κ1) is 7.12. The van der Waals surface area contributed by atoms with E-state index in [-0.39, 0.29) is 0 Å². The van der Waals surface area contributed by atoms with Crippen molar-refractivity contribution in [3.8, 4) is 0 Å². The summed E-state index contributed by atoms with van der Waals surface area (Å²) in [7, 11) is 0. The van der Waals surface area contributed by atoms with Crippen LogP contribution in [0.15, 0.2) is 35.5 Å². The molecule has 0 saturated heterocycles. The van der Waals surface area contributed by atoms with Crippen molar-refractivity contribution in [2.75, 3.05) is 0 Å². The summed E-state index contributed by atoms with van der Waals surface area (Å²) < 4.78 is 0. The molecule has 4 heteroatoms. The van der Waals surface area contributed by atoms with Gasteiger partial charge in [0, 0.05) is 5.56 Å². The Bertz CT molecular complexity index is 297. The number of hydrogen-bond acceptors (Lipinski definition) is 4. The highest BCUT2D eigenvalue weighted by Gasteiger charge is 2.16. The smallest absolute Gasteiger partial charge is 0.304 e. The van der Waals surface area contributed by atoms with Crippen LogP contribution in [0.4, 0.5) is 0 Å². The molecule has 1 aromatic rings. The number of aliphatic hydroxyl groups excluding tert-OH is 1. The minimum atomic E-state index is -1.01. The SMILES string of the molecule is OC1NC(c2ccccc2)=NO1. The summed E-state index contributed by atoms with van der Waals surface area (Å²) >= 11 is 0. The van der Waals surface area contributed by atoms with Gasteiger partial charge in [0.25, 0.3) is 0 Å². The summed E-state index contributed by atoms with van der Waals surface area (Å²) in [5.41, 5.74) is 0.897. The molecule has 0 radical (unpaired) electrons. The Morgan fingerprint density at radius 1 is 1.33 bits per heavy atom. The van der Waals surface area contributed by atoms with Gasteiger partial charge in [-0.25, -0.2) is 0 Å². The van der Waals surface area contributed by atoms with Crippen LogP contribution in [0.2, 0.25) is 0 Å². The Labute approximate surface area is 69.5 Å². The lowest BCUT2D eigenvalue weighted by atomic mass is 10.2. The number of benzene rings is 1. The summed E-state index contributed by atoms with van der Waals surface area (Å²) in [5.74, 6) is 0.558. The van der Waals surface area contributed by atoms with E-state index in [1.54, 1.807) is 0 Å². The Hall–Kier alpha value is -1.55. The van der Waals surface area contributed by atoms with E-state index < -0.39 is 6.41 Å². The van der Waals surface area contributed by atoms with E-state index in [0.29, 0.717) is 5.84 Å². The minimum Gasteiger partial charge on any atom is -0.340 e. The van der Waals surface area contributed by atoms with E-state index in [0.717, 1.165) is 5.56 Å². The van der Waals surface area contributed by atoms with E-state index >= 15 is 0 Å². The average Bonchev–Trinajstić information content (AvgIpc) is 2.54. The van der Waals surface area contributed by atoms with Gasteiger partial charge in [-0.2, -0.15) is 0 Å². The molecule has 1 aromatic carbocycles. The second kappa shape index (κ2) is 2.83. The minimum absolute atomic E-state index is 0.558. The largest absolute Gasteiger partial charge is 0.340 e. The fourth-order valence-corrected chi connectivity index (χ4v) is 1.00. The molecule has 1 atom stereocenters. The third-order valence-corrected chi connectivity index (χ3v) is 1.55. The zero-order valence-corrected chi connectivity index (χ0v) is 6.27. The number of amidine groups is 1. The van der Waals surface area contributed by atoms with Crippen molar-refractivity contribution in [2.24, 2.45) is 5.16 Å². The monoisotopic (exact) mass is 164 g/mol. The van der Waals surface area contributed by atoms with Gasteiger partial charge in [-0.05, 0) is 0 Å². The molecule has 0 fully saturated rings. The van der Waals surface area contributed by atoms with Crippen LogP contribution in [0.25, 0.3) is 0 Å². The van der Waals surface area contributed by atoms with Crippen molar-refractivity contribution in [3.05, 3.63) is 35.9 Å². The molecule has 0 aliphatic carbocycles. The fraction of sp³-hybridized carbons (Fsp3) is 0.125. The first-order valence-electron chi connectivity index (χ1n) is 3.60. The Morgan fingerprint density at radius 3 is 2.67 bits per heavy atom. The third kappa shape index (κ3) is 1.24. The van der Waals surface area contributed by atoms with Crippen LogP contribution in [0, 0.1) is 0 Å². The standard InChI is InChI=1S/C8H8N2O2/c11-8-9-7(10-12-8)6-4-2-1-3-5-6/h1-5,8,11H,(H,9,10). The van der Waals surface area contributed by atoms with Crippen molar-refractivity contribution in [1.29, 1.82) is 0 Å². The van der Waals surface area contributed by atoms with Crippen molar-refractivity contribution < 1.29 is 9.94 Å². The first-order chi connectivity index (χ1) is 5.86. The summed E-state index contributed by atoms with van der Waals surface area (Å²) in [5, 5.41) is 15.2. The lowest BCUT2D eigenvalue weighted by molar-refractivity contribution is -0.0896. The van der Waals surface area contributed by atoms with Crippen LogP contribution in [-0.4, -0.2) is 17.4 Å². The van der Waals surface area contributed by atoms with Gasteiger partial charge in [0.2, 0.25) is 0 Å². The maximum Gasteiger partial charge on any atom is 0.304 e. The highest BCUT2D eigenvalue weighted by molar-refractivity contribution is 5.98. The molecule has 0 spiro atoms. The van der Waals surface area contributed by atoms with Gasteiger partial charge in [0.05, 0.1) is 0 Å². The highest BCUT2D eigenvalue weighted by atomic mass is 16.7. The molecule has 0 saturated carbocycles. The van der Waals surface area contributed by atoms with Crippen LogP contribution in [0.5, 0.6) is 0 Å². The molecule has 12 heavy (non-hydrogen) atoms. The van der Waals surface area contributed by atoms with Gasteiger partial charge in [0.1, 0.15) is 0 Å². The van der Waals surface area contributed by atoms with E-state index in [1.807, 2.05) is 30.3 Å². The average molecular weight is 164 g/mol. The quantitative estimate of drug-likeness (QED) is 0.625. The maximum absolute atomic E-state index is 8.91. The number of aliphatic hydroxyl groups is 1. The molecule has 0 bridgehead atoms. The number of rotatable bonds is 1. The number of nitrogens with one attached hydrogen (secondary N) is 1.